The van der Waals surface area contributed by atoms with Crippen molar-refractivity contribution in [3.8, 4) is 0 Å². The summed E-state index contributed by atoms with van der Waals surface area (Å²) >= 11 is 0. The van der Waals surface area contributed by atoms with Gasteiger partial charge >= 0.3 is 6.03 Å². The third-order valence-electron chi connectivity index (χ3n) is 5.65. The van der Waals surface area contributed by atoms with Crippen LogP contribution in [0.15, 0.2) is 24.3 Å². The molecule has 1 unspecified atom stereocenters. The minimum atomic E-state index is -1.14. The fourth-order valence-electron chi connectivity index (χ4n) is 3.84. The molecule has 2 aliphatic heterocycles. The van der Waals surface area contributed by atoms with E-state index < -0.39 is 17.5 Å². The Balaban J connectivity index is 1.53. The van der Waals surface area contributed by atoms with Gasteiger partial charge in [0.2, 0.25) is 5.91 Å². The van der Waals surface area contributed by atoms with Crippen LogP contribution in [0.3, 0.4) is 0 Å². The summed E-state index contributed by atoms with van der Waals surface area (Å²) in [5.41, 5.74) is 0.641. The first-order valence-corrected chi connectivity index (χ1v) is 10.1. The van der Waals surface area contributed by atoms with Crippen LogP contribution in [-0.2, 0) is 15.1 Å². The van der Waals surface area contributed by atoms with Gasteiger partial charge in [-0.15, -0.1) is 0 Å². The molecule has 2 aliphatic rings. The molecule has 0 bridgehead atoms. The molecule has 2 fully saturated rings. The van der Waals surface area contributed by atoms with Crippen LogP contribution in [0.5, 0.6) is 0 Å². The molecule has 7 nitrogen and oxygen atoms in total. The molecule has 1 atom stereocenters. The SMILES string of the molecule is Cc1ccc(C2(C)NC(=O)N(CC(=O)NCCN3CCCCCC3)C2=O)cc1. The smallest absolute Gasteiger partial charge is 0.325 e. The maximum Gasteiger partial charge on any atom is 0.325 e. The van der Waals surface area contributed by atoms with Crippen LogP contribution in [0.4, 0.5) is 4.79 Å². The Bertz CT molecular complexity index is 726. The topological polar surface area (TPSA) is 81.8 Å². The molecule has 3 rings (SSSR count). The summed E-state index contributed by atoms with van der Waals surface area (Å²) in [6.45, 7) is 6.84. The van der Waals surface area contributed by atoms with E-state index in [9.17, 15) is 14.4 Å². The molecule has 0 aliphatic carbocycles. The summed E-state index contributed by atoms with van der Waals surface area (Å²) < 4.78 is 0. The normalized spacial score (nSPS) is 23.4. The van der Waals surface area contributed by atoms with E-state index in [1.54, 1.807) is 6.92 Å². The van der Waals surface area contributed by atoms with Gasteiger partial charge in [-0.2, -0.15) is 0 Å². The van der Waals surface area contributed by atoms with Crippen LogP contribution >= 0.6 is 0 Å². The number of imide groups is 1. The van der Waals surface area contributed by atoms with Crippen LogP contribution in [0.1, 0.15) is 43.7 Å². The second kappa shape index (κ2) is 8.73. The van der Waals surface area contributed by atoms with Crippen LogP contribution in [0.25, 0.3) is 0 Å². The number of urea groups is 1. The fourth-order valence-corrected chi connectivity index (χ4v) is 3.84. The van der Waals surface area contributed by atoms with Crippen molar-refractivity contribution in [2.75, 3.05) is 32.7 Å². The number of carbonyl (C=O) groups is 3. The maximum absolute atomic E-state index is 12.9. The molecular formula is C21H30N4O3. The molecule has 0 aromatic heterocycles. The van der Waals surface area contributed by atoms with Gasteiger partial charge in [0.25, 0.3) is 5.91 Å². The largest absolute Gasteiger partial charge is 0.353 e. The summed E-state index contributed by atoms with van der Waals surface area (Å²) in [4.78, 5) is 40.9. The first-order valence-electron chi connectivity index (χ1n) is 10.1. The lowest BCUT2D eigenvalue weighted by Gasteiger charge is -2.22. The first kappa shape index (κ1) is 20.3. The van der Waals surface area contributed by atoms with Gasteiger partial charge in [0.15, 0.2) is 0 Å². The van der Waals surface area contributed by atoms with Gasteiger partial charge in [0.05, 0.1) is 0 Å². The zero-order chi connectivity index (χ0) is 20.1. The van der Waals surface area contributed by atoms with Crippen molar-refractivity contribution in [3.63, 3.8) is 0 Å². The Labute approximate surface area is 166 Å². The van der Waals surface area contributed by atoms with Crippen molar-refractivity contribution >= 4 is 17.8 Å². The van der Waals surface area contributed by atoms with E-state index in [0.29, 0.717) is 12.1 Å². The Morgan fingerprint density at radius 3 is 2.39 bits per heavy atom. The molecule has 7 heteroatoms. The number of hydrogen-bond donors (Lipinski definition) is 2. The van der Waals surface area contributed by atoms with E-state index in [2.05, 4.69) is 15.5 Å². The number of amides is 4. The van der Waals surface area contributed by atoms with Gasteiger partial charge in [0, 0.05) is 13.1 Å². The van der Waals surface area contributed by atoms with Crippen molar-refractivity contribution < 1.29 is 14.4 Å². The highest BCUT2D eigenvalue weighted by Gasteiger charge is 2.49. The lowest BCUT2D eigenvalue weighted by molar-refractivity contribution is -0.134. The first-order chi connectivity index (χ1) is 13.4. The van der Waals surface area contributed by atoms with E-state index in [1.165, 1.54) is 25.7 Å². The molecule has 1 aromatic carbocycles. The molecule has 4 amide bonds. The molecule has 0 spiro atoms. The number of carbonyl (C=O) groups excluding carboxylic acids is 3. The summed E-state index contributed by atoms with van der Waals surface area (Å²) in [5.74, 6) is -0.713. The highest BCUT2D eigenvalue weighted by molar-refractivity contribution is 6.09. The summed E-state index contributed by atoms with van der Waals surface area (Å²) in [7, 11) is 0. The third-order valence-corrected chi connectivity index (χ3v) is 5.65. The number of hydrogen-bond acceptors (Lipinski definition) is 4. The van der Waals surface area contributed by atoms with Gasteiger partial charge in [0.1, 0.15) is 12.1 Å². The average Bonchev–Trinajstić information content (AvgIpc) is 2.86. The van der Waals surface area contributed by atoms with Crippen molar-refractivity contribution in [2.24, 2.45) is 0 Å². The molecule has 0 radical (unpaired) electrons. The number of rotatable bonds is 6. The van der Waals surface area contributed by atoms with Gasteiger partial charge in [-0.05, 0) is 45.3 Å². The predicted octanol–water partition coefficient (Wildman–Crippen LogP) is 1.75. The molecule has 0 saturated carbocycles. The van der Waals surface area contributed by atoms with Crippen molar-refractivity contribution in [2.45, 2.75) is 45.1 Å². The molecule has 2 saturated heterocycles. The lowest BCUT2D eigenvalue weighted by atomic mass is 9.91. The van der Waals surface area contributed by atoms with E-state index in [1.807, 2.05) is 31.2 Å². The lowest BCUT2D eigenvalue weighted by Crippen LogP contribution is -2.44. The Hall–Kier alpha value is -2.41. The van der Waals surface area contributed by atoms with Crippen LogP contribution in [0, 0.1) is 6.92 Å². The molecule has 152 valence electrons. The number of aryl methyl sites for hydroxylation is 1. The Kier molecular flexibility index (Phi) is 6.34. The monoisotopic (exact) mass is 386 g/mol. The van der Waals surface area contributed by atoms with E-state index in [0.717, 1.165) is 30.1 Å². The van der Waals surface area contributed by atoms with E-state index in [-0.39, 0.29) is 12.5 Å². The van der Waals surface area contributed by atoms with Gasteiger partial charge in [-0.3, -0.25) is 14.5 Å². The molecule has 28 heavy (non-hydrogen) atoms. The van der Waals surface area contributed by atoms with Crippen molar-refractivity contribution in [3.05, 3.63) is 35.4 Å². The van der Waals surface area contributed by atoms with Gasteiger partial charge < -0.3 is 15.5 Å². The predicted molar refractivity (Wildman–Crippen MR) is 107 cm³/mol. The molecule has 1 aromatic rings. The summed E-state index contributed by atoms with van der Waals surface area (Å²) in [5, 5.41) is 5.57. The molecular weight excluding hydrogens is 356 g/mol. The van der Waals surface area contributed by atoms with Gasteiger partial charge in [-0.1, -0.05) is 42.7 Å². The second-order valence-electron chi connectivity index (χ2n) is 7.92. The van der Waals surface area contributed by atoms with Crippen molar-refractivity contribution in [1.82, 2.24) is 20.4 Å². The third kappa shape index (κ3) is 4.52. The highest BCUT2D eigenvalue weighted by Crippen LogP contribution is 2.28. The number of nitrogens with zero attached hydrogens (tertiary/aromatic N) is 2. The Morgan fingerprint density at radius 2 is 1.75 bits per heavy atom. The zero-order valence-corrected chi connectivity index (χ0v) is 16.8. The second-order valence-corrected chi connectivity index (χ2v) is 7.92. The summed E-state index contributed by atoms with van der Waals surface area (Å²) in [6, 6.07) is 6.93. The molecule has 2 heterocycles. The fraction of sp³-hybridized carbons (Fsp3) is 0.571. The van der Waals surface area contributed by atoms with Gasteiger partial charge in [-0.25, -0.2) is 4.79 Å². The number of likely N-dealkylation sites (tertiary alicyclic amines) is 1. The average molecular weight is 386 g/mol. The Morgan fingerprint density at radius 1 is 1.11 bits per heavy atom. The highest BCUT2D eigenvalue weighted by atomic mass is 16.2. The zero-order valence-electron chi connectivity index (χ0n) is 16.8. The minimum absolute atomic E-state index is 0.258. The van der Waals surface area contributed by atoms with Crippen molar-refractivity contribution in [1.29, 1.82) is 0 Å². The van der Waals surface area contributed by atoms with E-state index >= 15 is 0 Å². The molecule has 2 N–H and O–H groups in total. The minimum Gasteiger partial charge on any atom is -0.353 e. The maximum atomic E-state index is 12.9. The number of nitrogens with one attached hydrogen (secondary N) is 2. The summed E-state index contributed by atoms with van der Waals surface area (Å²) in [6.07, 6.45) is 4.95. The number of benzene rings is 1. The van der Waals surface area contributed by atoms with Crippen LogP contribution < -0.4 is 10.6 Å². The van der Waals surface area contributed by atoms with Crippen LogP contribution in [0.2, 0.25) is 0 Å². The quantitative estimate of drug-likeness (QED) is 0.730. The van der Waals surface area contributed by atoms with Crippen LogP contribution in [-0.4, -0.2) is 60.4 Å². The van der Waals surface area contributed by atoms with E-state index in [4.69, 9.17) is 0 Å². The standard InChI is InChI=1S/C21H30N4O3/c1-16-7-9-17(10-8-16)21(2)19(27)25(20(28)23-21)15-18(26)22-11-14-24-12-5-3-4-6-13-24/h7-10H,3-6,11-15H2,1-2H3,(H,22,26)(H,23,28).